The smallest absolute Gasteiger partial charge is 0.411 e. The fraction of sp³-hybridized carbons (Fsp3) is 0.500. The summed E-state index contributed by atoms with van der Waals surface area (Å²) in [5.41, 5.74) is 0.693. The van der Waals surface area contributed by atoms with E-state index in [0.717, 1.165) is 12.2 Å². The van der Waals surface area contributed by atoms with E-state index in [0.29, 0.717) is 25.4 Å². The Labute approximate surface area is 126 Å². The van der Waals surface area contributed by atoms with Crippen molar-refractivity contribution in [2.45, 2.75) is 13.3 Å². The van der Waals surface area contributed by atoms with Gasteiger partial charge in [0.05, 0.1) is 6.61 Å². The molecule has 0 heterocycles. The summed E-state index contributed by atoms with van der Waals surface area (Å²) in [4.78, 5) is 13.4. The number of anilines is 1. The van der Waals surface area contributed by atoms with Gasteiger partial charge in [-0.3, -0.25) is 5.32 Å². The first-order valence-electron chi connectivity index (χ1n) is 6.43. The van der Waals surface area contributed by atoms with Crippen LogP contribution in [0.4, 0.5) is 10.5 Å². The first-order chi connectivity index (χ1) is 9.11. The summed E-state index contributed by atoms with van der Waals surface area (Å²) in [6, 6.07) is 7.23. The van der Waals surface area contributed by atoms with E-state index in [1.807, 2.05) is 31.1 Å². The summed E-state index contributed by atoms with van der Waals surface area (Å²) < 4.78 is 10.5. The number of likely N-dealkylation sites (N-methyl/N-ethyl adjacent to an activating group) is 1. The van der Waals surface area contributed by atoms with Gasteiger partial charge in [-0.1, -0.05) is 6.92 Å². The van der Waals surface area contributed by atoms with Gasteiger partial charge in [0.2, 0.25) is 0 Å². The quantitative estimate of drug-likeness (QED) is 0.841. The highest BCUT2D eigenvalue weighted by atomic mass is 35.5. The fourth-order valence-corrected chi connectivity index (χ4v) is 1.33. The normalized spacial score (nSPS) is 9.80. The number of amides is 1. The van der Waals surface area contributed by atoms with Gasteiger partial charge in [-0.25, -0.2) is 4.79 Å². The molecule has 0 aliphatic rings. The van der Waals surface area contributed by atoms with Crippen LogP contribution < -0.4 is 10.1 Å². The minimum absolute atomic E-state index is 0. The molecule has 0 unspecified atom stereocenters. The van der Waals surface area contributed by atoms with Crippen LogP contribution in [-0.2, 0) is 4.74 Å². The number of rotatable bonds is 7. The number of nitrogens with zero attached hydrogens (tertiary/aromatic N) is 1. The zero-order valence-corrected chi connectivity index (χ0v) is 13.0. The van der Waals surface area contributed by atoms with Crippen molar-refractivity contribution in [3.05, 3.63) is 24.3 Å². The molecule has 0 radical (unpaired) electrons. The third-order valence-electron chi connectivity index (χ3n) is 2.35. The van der Waals surface area contributed by atoms with Gasteiger partial charge in [0.1, 0.15) is 12.4 Å². The molecule has 0 fully saturated rings. The Balaban J connectivity index is 0.00000361. The molecule has 1 N–H and O–H groups in total. The SMILES string of the molecule is CCCOc1ccc(NC(=O)OCCN(C)C)cc1.Cl. The maximum absolute atomic E-state index is 11.5. The van der Waals surface area contributed by atoms with Crippen LogP contribution in [0.3, 0.4) is 0 Å². The number of halogens is 1. The van der Waals surface area contributed by atoms with E-state index in [-0.39, 0.29) is 12.4 Å². The van der Waals surface area contributed by atoms with Gasteiger partial charge in [0.15, 0.2) is 0 Å². The molecule has 1 rings (SSSR count). The van der Waals surface area contributed by atoms with E-state index < -0.39 is 6.09 Å². The predicted octanol–water partition coefficient (Wildman–Crippen LogP) is 3.01. The zero-order valence-electron chi connectivity index (χ0n) is 12.2. The molecule has 0 bridgehead atoms. The van der Waals surface area contributed by atoms with Crippen molar-refractivity contribution in [1.82, 2.24) is 4.90 Å². The molecule has 0 atom stereocenters. The topological polar surface area (TPSA) is 50.8 Å². The number of carbonyl (C=O) groups is 1. The molecule has 1 aromatic rings. The van der Waals surface area contributed by atoms with Crippen molar-refractivity contribution in [3.63, 3.8) is 0 Å². The third-order valence-corrected chi connectivity index (χ3v) is 2.35. The highest BCUT2D eigenvalue weighted by molar-refractivity contribution is 5.85. The first kappa shape index (κ1) is 18.5. The van der Waals surface area contributed by atoms with Crippen molar-refractivity contribution >= 4 is 24.2 Å². The molecule has 20 heavy (non-hydrogen) atoms. The second-order valence-electron chi connectivity index (χ2n) is 4.44. The van der Waals surface area contributed by atoms with E-state index >= 15 is 0 Å². The van der Waals surface area contributed by atoms with Crippen LogP contribution in [-0.4, -0.2) is 44.8 Å². The average Bonchev–Trinajstić information content (AvgIpc) is 2.37. The summed E-state index contributed by atoms with van der Waals surface area (Å²) >= 11 is 0. The first-order valence-corrected chi connectivity index (χ1v) is 6.43. The lowest BCUT2D eigenvalue weighted by atomic mass is 10.3. The minimum atomic E-state index is -0.441. The number of ether oxygens (including phenoxy) is 2. The summed E-state index contributed by atoms with van der Waals surface area (Å²) in [5, 5.41) is 2.66. The molecule has 1 amide bonds. The van der Waals surface area contributed by atoms with E-state index in [1.54, 1.807) is 12.1 Å². The Hall–Kier alpha value is -1.46. The summed E-state index contributed by atoms with van der Waals surface area (Å²) in [5.74, 6) is 0.799. The molecule has 0 saturated carbocycles. The molecule has 5 nitrogen and oxygen atoms in total. The number of hydrogen-bond acceptors (Lipinski definition) is 4. The van der Waals surface area contributed by atoms with Crippen LogP contribution in [0.2, 0.25) is 0 Å². The number of nitrogens with one attached hydrogen (secondary N) is 1. The van der Waals surface area contributed by atoms with E-state index in [9.17, 15) is 4.79 Å². The average molecular weight is 303 g/mol. The van der Waals surface area contributed by atoms with Crippen molar-refractivity contribution in [2.24, 2.45) is 0 Å². The van der Waals surface area contributed by atoms with Gasteiger partial charge in [-0.2, -0.15) is 0 Å². The van der Waals surface area contributed by atoms with E-state index in [1.165, 1.54) is 0 Å². The molecule has 0 aromatic heterocycles. The van der Waals surface area contributed by atoms with Crippen LogP contribution in [0.5, 0.6) is 5.75 Å². The lowest BCUT2D eigenvalue weighted by Crippen LogP contribution is -2.22. The van der Waals surface area contributed by atoms with Gasteiger partial charge < -0.3 is 14.4 Å². The Morgan fingerprint density at radius 1 is 1.20 bits per heavy atom. The molecular weight excluding hydrogens is 280 g/mol. The third kappa shape index (κ3) is 7.86. The van der Waals surface area contributed by atoms with Gasteiger partial charge >= 0.3 is 6.09 Å². The molecule has 0 aliphatic carbocycles. The number of hydrogen-bond donors (Lipinski definition) is 1. The highest BCUT2D eigenvalue weighted by Gasteiger charge is 2.03. The van der Waals surface area contributed by atoms with Gasteiger partial charge in [0, 0.05) is 12.2 Å². The monoisotopic (exact) mass is 302 g/mol. The molecule has 0 saturated heterocycles. The van der Waals surface area contributed by atoms with Crippen LogP contribution in [0, 0.1) is 0 Å². The van der Waals surface area contributed by atoms with Crippen LogP contribution >= 0.6 is 12.4 Å². The Morgan fingerprint density at radius 2 is 1.85 bits per heavy atom. The van der Waals surface area contributed by atoms with Gasteiger partial charge in [0.25, 0.3) is 0 Å². The van der Waals surface area contributed by atoms with Crippen molar-refractivity contribution in [1.29, 1.82) is 0 Å². The number of benzene rings is 1. The van der Waals surface area contributed by atoms with E-state index in [4.69, 9.17) is 9.47 Å². The maximum atomic E-state index is 11.5. The summed E-state index contributed by atoms with van der Waals surface area (Å²) in [7, 11) is 3.85. The van der Waals surface area contributed by atoms with Crippen molar-refractivity contribution in [2.75, 3.05) is 39.2 Å². The van der Waals surface area contributed by atoms with Gasteiger partial charge in [-0.15, -0.1) is 12.4 Å². The van der Waals surface area contributed by atoms with Crippen LogP contribution in [0.1, 0.15) is 13.3 Å². The standard InChI is InChI=1S/C14H22N2O3.ClH/c1-4-10-18-13-7-5-12(6-8-13)15-14(17)19-11-9-16(2)3;/h5-8H,4,9-11H2,1-3H3,(H,15,17);1H. The number of carbonyl (C=O) groups excluding carboxylic acids is 1. The molecule has 0 spiro atoms. The Kier molecular flexibility index (Phi) is 9.59. The lowest BCUT2D eigenvalue weighted by molar-refractivity contribution is 0.151. The molecule has 6 heteroatoms. The molecule has 1 aromatic carbocycles. The van der Waals surface area contributed by atoms with Gasteiger partial charge in [-0.05, 0) is 44.8 Å². The summed E-state index contributed by atoms with van der Waals surface area (Å²) in [6.45, 7) is 3.83. The van der Waals surface area contributed by atoms with E-state index in [2.05, 4.69) is 12.2 Å². The maximum Gasteiger partial charge on any atom is 0.411 e. The molecule has 0 aliphatic heterocycles. The largest absolute Gasteiger partial charge is 0.494 e. The molecule has 114 valence electrons. The zero-order chi connectivity index (χ0) is 14.1. The van der Waals surface area contributed by atoms with Crippen LogP contribution in [0.15, 0.2) is 24.3 Å². The van der Waals surface area contributed by atoms with Crippen molar-refractivity contribution < 1.29 is 14.3 Å². The second kappa shape index (κ2) is 10.3. The Morgan fingerprint density at radius 3 is 2.40 bits per heavy atom. The predicted molar refractivity (Wildman–Crippen MR) is 83.0 cm³/mol. The Bertz CT molecular complexity index is 383. The van der Waals surface area contributed by atoms with Crippen molar-refractivity contribution in [3.8, 4) is 5.75 Å². The highest BCUT2D eigenvalue weighted by Crippen LogP contribution is 2.15. The molecular formula is C14H23ClN2O3. The second-order valence-corrected chi connectivity index (χ2v) is 4.44. The fourth-order valence-electron chi connectivity index (χ4n) is 1.33. The summed E-state index contributed by atoms with van der Waals surface area (Å²) in [6.07, 6.45) is 0.530. The van der Waals surface area contributed by atoms with Crippen LogP contribution in [0.25, 0.3) is 0 Å². The lowest BCUT2D eigenvalue weighted by Gasteiger charge is -2.11. The minimum Gasteiger partial charge on any atom is -0.494 e.